The van der Waals surface area contributed by atoms with Gasteiger partial charge < -0.3 is 5.32 Å². The van der Waals surface area contributed by atoms with Crippen molar-refractivity contribution in [1.29, 1.82) is 0 Å². The Morgan fingerprint density at radius 3 is 1.93 bits per heavy atom. The largest absolute Gasteiger partial charge is 0.386 e. The monoisotopic (exact) mass is 197 g/mol. The summed E-state index contributed by atoms with van der Waals surface area (Å²) in [5.41, 5.74) is 1.08. The molecule has 0 aromatic rings. The van der Waals surface area contributed by atoms with Crippen LogP contribution < -0.4 is 5.32 Å². The molecule has 0 bridgehead atoms. The van der Waals surface area contributed by atoms with Crippen molar-refractivity contribution in [2.45, 2.75) is 54.0 Å². The van der Waals surface area contributed by atoms with Crippen LogP contribution in [-0.4, -0.2) is 6.04 Å². The van der Waals surface area contributed by atoms with Crippen molar-refractivity contribution in [2.75, 3.05) is 0 Å². The molecule has 0 saturated carbocycles. The van der Waals surface area contributed by atoms with Crippen molar-refractivity contribution in [2.24, 2.45) is 17.8 Å². The minimum Gasteiger partial charge on any atom is -0.386 e. The summed E-state index contributed by atoms with van der Waals surface area (Å²) in [5.74, 6) is 2.22. The molecule has 0 aliphatic rings. The number of hydrogen-bond donors (Lipinski definition) is 1. The molecule has 3 atom stereocenters. The van der Waals surface area contributed by atoms with E-state index in [1.54, 1.807) is 0 Å². The number of nitrogens with one attached hydrogen (secondary N) is 1. The predicted octanol–water partition coefficient (Wildman–Crippen LogP) is 3.82. The van der Waals surface area contributed by atoms with Crippen LogP contribution >= 0.6 is 0 Å². The summed E-state index contributed by atoms with van der Waals surface area (Å²) in [6.45, 7) is 17.5. The highest BCUT2D eigenvalue weighted by atomic mass is 14.9. The molecule has 14 heavy (non-hydrogen) atoms. The van der Waals surface area contributed by atoms with E-state index < -0.39 is 0 Å². The van der Waals surface area contributed by atoms with E-state index in [1.165, 1.54) is 6.42 Å². The van der Waals surface area contributed by atoms with Crippen molar-refractivity contribution >= 4 is 0 Å². The lowest BCUT2D eigenvalue weighted by atomic mass is 9.81. The number of hydrogen-bond acceptors (Lipinski definition) is 1. The summed E-state index contributed by atoms with van der Waals surface area (Å²) in [6, 6.07) is 0.574. The Kier molecular flexibility index (Phi) is 5.90. The third kappa shape index (κ3) is 4.17. The average Bonchev–Trinajstić information content (AvgIpc) is 2.11. The van der Waals surface area contributed by atoms with Gasteiger partial charge in [0, 0.05) is 11.7 Å². The number of allylic oxidation sites excluding steroid dienone is 1. The summed E-state index contributed by atoms with van der Waals surface area (Å²) in [5, 5.41) is 3.47. The van der Waals surface area contributed by atoms with Gasteiger partial charge in [-0.25, -0.2) is 0 Å². The molecule has 0 aromatic carbocycles. The number of rotatable bonds is 6. The molecule has 0 fully saturated rings. The average molecular weight is 197 g/mol. The Morgan fingerprint density at radius 1 is 1.14 bits per heavy atom. The molecule has 0 spiro atoms. The van der Waals surface area contributed by atoms with Crippen LogP contribution in [0.4, 0.5) is 0 Å². The topological polar surface area (TPSA) is 12.0 Å². The quantitative estimate of drug-likeness (QED) is 0.682. The Balaban J connectivity index is 4.29. The van der Waals surface area contributed by atoms with Gasteiger partial charge in [-0.2, -0.15) is 0 Å². The second kappa shape index (κ2) is 6.10. The van der Waals surface area contributed by atoms with E-state index in [0.29, 0.717) is 12.0 Å². The van der Waals surface area contributed by atoms with Crippen molar-refractivity contribution in [3.63, 3.8) is 0 Å². The highest BCUT2D eigenvalue weighted by molar-refractivity contribution is 4.91. The predicted molar refractivity (Wildman–Crippen MR) is 65.2 cm³/mol. The molecule has 1 N–H and O–H groups in total. The molecule has 1 heteroatoms. The molecule has 2 unspecified atom stereocenters. The minimum absolute atomic E-state index is 0.574. The Labute approximate surface area is 90.0 Å². The first-order chi connectivity index (χ1) is 6.40. The van der Waals surface area contributed by atoms with E-state index in [-0.39, 0.29) is 0 Å². The van der Waals surface area contributed by atoms with E-state index >= 15 is 0 Å². The van der Waals surface area contributed by atoms with E-state index in [0.717, 1.165) is 17.5 Å². The van der Waals surface area contributed by atoms with Gasteiger partial charge in [0.25, 0.3) is 0 Å². The Morgan fingerprint density at radius 2 is 1.64 bits per heavy atom. The lowest BCUT2D eigenvalue weighted by molar-refractivity contribution is 0.234. The van der Waals surface area contributed by atoms with E-state index in [9.17, 15) is 0 Å². The van der Waals surface area contributed by atoms with Crippen LogP contribution in [-0.2, 0) is 0 Å². The van der Waals surface area contributed by atoms with Gasteiger partial charge in [-0.05, 0) is 31.1 Å². The van der Waals surface area contributed by atoms with Crippen LogP contribution in [0, 0.1) is 17.8 Å². The third-order valence-corrected chi connectivity index (χ3v) is 3.39. The van der Waals surface area contributed by atoms with Crippen LogP contribution in [0.1, 0.15) is 48.0 Å². The van der Waals surface area contributed by atoms with Crippen LogP contribution in [0.5, 0.6) is 0 Å². The van der Waals surface area contributed by atoms with Crippen molar-refractivity contribution in [1.82, 2.24) is 5.32 Å². The molecule has 84 valence electrons. The first-order valence-electron chi connectivity index (χ1n) is 5.82. The lowest BCUT2D eigenvalue weighted by Crippen LogP contribution is -2.37. The van der Waals surface area contributed by atoms with Gasteiger partial charge >= 0.3 is 0 Å². The fourth-order valence-electron chi connectivity index (χ4n) is 1.90. The molecular weight excluding hydrogens is 170 g/mol. The normalized spacial score (nSPS) is 17.6. The van der Waals surface area contributed by atoms with Gasteiger partial charge in [-0.3, -0.25) is 0 Å². The second-order valence-corrected chi connectivity index (χ2v) is 4.90. The smallest absolute Gasteiger partial charge is 0.0283 e. The van der Waals surface area contributed by atoms with Crippen LogP contribution in [0.3, 0.4) is 0 Å². The lowest BCUT2D eigenvalue weighted by Gasteiger charge is -2.32. The molecule has 0 aromatic heterocycles. The van der Waals surface area contributed by atoms with E-state index in [2.05, 4.69) is 46.5 Å². The summed E-state index contributed by atoms with van der Waals surface area (Å²) in [4.78, 5) is 0. The van der Waals surface area contributed by atoms with Crippen molar-refractivity contribution in [3.05, 3.63) is 12.3 Å². The van der Waals surface area contributed by atoms with Crippen LogP contribution in [0.25, 0.3) is 0 Å². The second-order valence-electron chi connectivity index (χ2n) is 4.90. The maximum absolute atomic E-state index is 3.92. The molecule has 0 heterocycles. The molecule has 0 saturated heterocycles. The van der Waals surface area contributed by atoms with Gasteiger partial charge in [-0.15, -0.1) is 0 Å². The van der Waals surface area contributed by atoms with Crippen LogP contribution in [0.2, 0.25) is 0 Å². The van der Waals surface area contributed by atoms with Gasteiger partial charge in [0.1, 0.15) is 0 Å². The summed E-state index contributed by atoms with van der Waals surface area (Å²) < 4.78 is 0. The molecule has 0 aliphatic heterocycles. The maximum Gasteiger partial charge on any atom is 0.0283 e. The Hall–Kier alpha value is -0.460. The zero-order valence-corrected chi connectivity index (χ0v) is 10.7. The zero-order chi connectivity index (χ0) is 11.3. The summed E-state index contributed by atoms with van der Waals surface area (Å²) in [6.07, 6.45) is 1.17. The molecule has 0 amide bonds. The Bertz CT molecular complexity index is 172. The van der Waals surface area contributed by atoms with Crippen molar-refractivity contribution < 1.29 is 0 Å². The highest BCUT2D eigenvalue weighted by Gasteiger charge is 2.22. The zero-order valence-electron chi connectivity index (χ0n) is 10.7. The fourth-order valence-corrected chi connectivity index (χ4v) is 1.90. The van der Waals surface area contributed by atoms with Gasteiger partial charge in [0.05, 0.1) is 0 Å². The molecule has 0 radical (unpaired) electrons. The summed E-state index contributed by atoms with van der Waals surface area (Å²) in [7, 11) is 0. The van der Waals surface area contributed by atoms with Gasteiger partial charge in [0.15, 0.2) is 0 Å². The van der Waals surface area contributed by atoms with E-state index in [4.69, 9.17) is 0 Å². The highest BCUT2D eigenvalue weighted by Crippen LogP contribution is 2.24. The standard InChI is InChI=1S/C13H27N/c1-8-13(14-10(4)5)12(7)11(6)9(2)3/h9,11-14H,4,8H2,1-3,5-7H3/t11?,12?,13-/m0/s1. The summed E-state index contributed by atoms with van der Waals surface area (Å²) >= 11 is 0. The first kappa shape index (κ1) is 13.5. The van der Waals surface area contributed by atoms with Gasteiger partial charge in [0.2, 0.25) is 0 Å². The van der Waals surface area contributed by atoms with E-state index in [1.807, 2.05) is 6.92 Å². The minimum atomic E-state index is 0.574. The molecule has 0 aliphatic carbocycles. The SMILES string of the molecule is C=C(C)N[C@@H](CC)C(C)C(C)C(C)C. The third-order valence-electron chi connectivity index (χ3n) is 3.39. The first-order valence-corrected chi connectivity index (χ1v) is 5.82. The molecule has 0 rings (SSSR count). The van der Waals surface area contributed by atoms with Crippen molar-refractivity contribution in [3.8, 4) is 0 Å². The van der Waals surface area contributed by atoms with Crippen LogP contribution in [0.15, 0.2) is 12.3 Å². The maximum atomic E-state index is 3.92. The van der Waals surface area contributed by atoms with Gasteiger partial charge in [-0.1, -0.05) is 41.2 Å². The molecule has 1 nitrogen and oxygen atoms in total. The molecular formula is C13H27N. The fraction of sp³-hybridized carbons (Fsp3) is 0.846.